The van der Waals surface area contributed by atoms with Crippen molar-refractivity contribution in [1.82, 2.24) is 14.4 Å². The van der Waals surface area contributed by atoms with Crippen LogP contribution < -0.4 is 0 Å². The molecular formula is C16H11N3. The first-order valence-electron chi connectivity index (χ1n) is 6.20. The lowest BCUT2D eigenvalue weighted by atomic mass is 10.1. The van der Waals surface area contributed by atoms with Gasteiger partial charge in [0.25, 0.3) is 0 Å². The van der Waals surface area contributed by atoms with Gasteiger partial charge in [-0.25, -0.2) is 9.97 Å². The van der Waals surface area contributed by atoms with Crippen molar-refractivity contribution in [3.05, 3.63) is 67.1 Å². The third kappa shape index (κ3) is 1.52. The lowest BCUT2D eigenvalue weighted by molar-refractivity contribution is 1.19. The van der Waals surface area contributed by atoms with Crippen molar-refractivity contribution in [3.8, 4) is 11.3 Å². The van der Waals surface area contributed by atoms with Crippen LogP contribution in [-0.4, -0.2) is 14.4 Å². The monoisotopic (exact) mass is 245 g/mol. The van der Waals surface area contributed by atoms with Crippen LogP contribution in [0.1, 0.15) is 0 Å². The fourth-order valence-corrected chi connectivity index (χ4v) is 2.41. The van der Waals surface area contributed by atoms with Gasteiger partial charge >= 0.3 is 0 Å². The lowest BCUT2D eigenvalue weighted by Gasteiger charge is -2.07. The van der Waals surface area contributed by atoms with Crippen LogP contribution in [0.4, 0.5) is 0 Å². The van der Waals surface area contributed by atoms with E-state index in [9.17, 15) is 0 Å². The molecule has 0 spiro atoms. The highest BCUT2D eigenvalue weighted by Crippen LogP contribution is 2.25. The van der Waals surface area contributed by atoms with Gasteiger partial charge in [-0.1, -0.05) is 42.5 Å². The molecule has 2 aromatic heterocycles. The molecule has 0 aliphatic heterocycles. The molecule has 0 fully saturated rings. The van der Waals surface area contributed by atoms with Crippen LogP contribution in [0.3, 0.4) is 0 Å². The van der Waals surface area contributed by atoms with Crippen LogP contribution in [0.5, 0.6) is 0 Å². The number of imidazole rings is 1. The molecule has 0 bridgehead atoms. The van der Waals surface area contributed by atoms with Gasteiger partial charge in [-0.15, -0.1) is 0 Å². The van der Waals surface area contributed by atoms with Crippen molar-refractivity contribution in [1.29, 1.82) is 0 Å². The smallest absolute Gasteiger partial charge is 0.0998 e. The van der Waals surface area contributed by atoms with Gasteiger partial charge in [-0.3, -0.25) is 4.40 Å². The van der Waals surface area contributed by atoms with Crippen molar-refractivity contribution in [2.45, 2.75) is 0 Å². The SMILES string of the molecule is c1ccc(-c2nc3ccccc3n3cncc23)cc1. The standard InChI is InChI=1S/C16H11N3/c1-2-6-12(7-3-1)16-15-10-17-11-19(15)14-9-5-4-8-13(14)18-16/h1-11H. The first kappa shape index (κ1) is 10.3. The maximum absolute atomic E-state index is 4.78. The second-order valence-electron chi connectivity index (χ2n) is 4.46. The average Bonchev–Trinajstić information content (AvgIpc) is 2.97. The van der Waals surface area contributed by atoms with E-state index in [0.29, 0.717) is 0 Å². The molecule has 2 heterocycles. The largest absolute Gasteiger partial charge is 0.295 e. The zero-order chi connectivity index (χ0) is 12.7. The molecule has 0 saturated heterocycles. The fraction of sp³-hybridized carbons (Fsp3) is 0. The Kier molecular flexibility index (Phi) is 2.12. The highest BCUT2D eigenvalue weighted by Gasteiger charge is 2.09. The fourth-order valence-electron chi connectivity index (χ4n) is 2.41. The minimum absolute atomic E-state index is 0.969. The molecule has 0 saturated carbocycles. The molecule has 3 heteroatoms. The summed E-state index contributed by atoms with van der Waals surface area (Å²) in [5, 5.41) is 0. The van der Waals surface area contributed by atoms with Gasteiger partial charge < -0.3 is 0 Å². The third-order valence-electron chi connectivity index (χ3n) is 3.30. The number of aromatic nitrogens is 3. The first-order chi connectivity index (χ1) is 9.43. The van der Waals surface area contributed by atoms with Crippen molar-refractivity contribution in [2.75, 3.05) is 0 Å². The molecule has 0 amide bonds. The number of rotatable bonds is 1. The zero-order valence-corrected chi connectivity index (χ0v) is 10.2. The van der Waals surface area contributed by atoms with Crippen molar-refractivity contribution in [3.63, 3.8) is 0 Å². The second-order valence-corrected chi connectivity index (χ2v) is 4.46. The van der Waals surface area contributed by atoms with E-state index in [-0.39, 0.29) is 0 Å². The summed E-state index contributed by atoms with van der Waals surface area (Å²) in [6.45, 7) is 0. The van der Waals surface area contributed by atoms with E-state index >= 15 is 0 Å². The van der Waals surface area contributed by atoms with Gasteiger partial charge in [0, 0.05) is 5.56 Å². The first-order valence-corrected chi connectivity index (χ1v) is 6.20. The molecule has 4 rings (SSSR count). The van der Waals surface area contributed by atoms with Gasteiger partial charge in [0.05, 0.1) is 34.8 Å². The number of fused-ring (bicyclic) bond motifs is 3. The third-order valence-corrected chi connectivity index (χ3v) is 3.30. The van der Waals surface area contributed by atoms with Crippen molar-refractivity contribution >= 4 is 16.6 Å². The van der Waals surface area contributed by atoms with E-state index in [2.05, 4.69) is 27.6 Å². The Balaban J connectivity index is 2.17. The van der Waals surface area contributed by atoms with Gasteiger partial charge in [0.1, 0.15) is 0 Å². The Labute approximate surface area is 110 Å². The van der Waals surface area contributed by atoms with Crippen LogP contribution >= 0.6 is 0 Å². The summed E-state index contributed by atoms with van der Waals surface area (Å²) in [5.74, 6) is 0. The number of para-hydroxylation sites is 2. The Bertz CT molecular complexity index is 863. The van der Waals surface area contributed by atoms with E-state index < -0.39 is 0 Å². The molecule has 0 atom stereocenters. The molecule has 90 valence electrons. The predicted molar refractivity (Wildman–Crippen MR) is 75.9 cm³/mol. The molecule has 0 aliphatic rings. The Morgan fingerprint density at radius 2 is 1.58 bits per heavy atom. The van der Waals surface area contributed by atoms with Crippen LogP contribution in [0.2, 0.25) is 0 Å². The molecule has 19 heavy (non-hydrogen) atoms. The van der Waals surface area contributed by atoms with Gasteiger partial charge in [0.15, 0.2) is 0 Å². The topological polar surface area (TPSA) is 30.2 Å². The zero-order valence-electron chi connectivity index (χ0n) is 10.2. The average molecular weight is 245 g/mol. The van der Waals surface area contributed by atoms with Crippen LogP contribution in [0.15, 0.2) is 67.1 Å². The number of hydrogen-bond donors (Lipinski definition) is 0. The molecule has 2 aromatic carbocycles. The minimum atomic E-state index is 0.969. The summed E-state index contributed by atoms with van der Waals surface area (Å²) in [5.41, 5.74) is 5.17. The summed E-state index contributed by atoms with van der Waals surface area (Å²) >= 11 is 0. The maximum atomic E-state index is 4.78. The summed E-state index contributed by atoms with van der Waals surface area (Å²) in [6.07, 6.45) is 3.70. The van der Waals surface area contributed by atoms with Crippen LogP contribution in [-0.2, 0) is 0 Å². The number of benzene rings is 2. The molecule has 0 unspecified atom stereocenters. The van der Waals surface area contributed by atoms with Crippen LogP contribution in [0, 0.1) is 0 Å². The number of hydrogen-bond acceptors (Lipinski definition) is 2. The molecule has 3 nitrogen and oxygen atoms in total. The summed E-state index contributed by atoms with van der Waals surface area (Å²) < 4.78 is 2.09. The van der Waals surface area contributed by atoms with E-state index in [1.54, 1.807) is 0 Å². The Morgan fingerprint density at radius 1 is 0.789 bits per heavy atom. The normalized spacial score (nSPS) is 11.2. The Morgan fingerprint density at radius 3 is 2.47 bits per heavy atom. The van der Waals surface area contributed by atoms with Gasteiger partial charge in [0.2, 0.25) is 0 Å². The van der Waals surface area contributed by atoms with E-state index in [0.717, 1.165) is 27.8 Å². The molecule has 0 N–H and O–H groups in total. The molecular weight excluding hydrogens is 234 g/mol. The molecule has 4 aromatic rings. The van der Waals surface area contributed by atoms with E-state index in [1.165, 1.54) is 0 Å². The van der Waals surface area contributed by atoms with E-state index in [1.807, 2.05) is 48.9 Å². The predicted octanol–water partition coefficient (Wildman–Crippen LogP) is 3.55. The highest BCUT2D eigenvalue weighted by atomic mass is 15.0. The maximum Gasteiger partial charge on any atom is 0.0998 e. The minimum Gasteiger partial charge on any atom is -0.295 e. The molecule has 0 aliphatic carbocycles. The summed E-state index contributed by atoms with van der Waals surface area (Å²) in [4.78, 5) is 9.05. The van der Waals surface area contributed by atoms with Crippen molar-refractivity contribution in [2.24, 2.45) is 0 Å². The van der Waals surface area contributed by atoms with Crippen molar-refractivity contribution < 1.29 is 0 Å². The van der Waals surface area contributed by atoms with Gasteiger partial charge in [-0.2, -0.15) is 0 Å². The van der Waals surface area contributed by atoms with Crippen LogP contribution in [0.25, 0.3) is 27.8 Å². The lowest BCUT2D eigenvalue weighted by Crippen LogP contribution is -1.93. The molecule has 0 radical (unpaired) electrons. The quantitative estimate of drug-likeness (QED) is 0.513. The number of nitrogens with zero attached hydrogens (tertiary/aromatic N) is 3. The Hall–Kier alpha value is -2.68. The van der Waals surface area contributed by atoms with E-state index in [4.69, 9.17) is 4.98 Å². The second kappa shape index (κ2) is 3.92. The van der Waals surface area contributed by atoms with Gasteiger partial charge in [-0.05, 0) is 12.1 Å². The summed E-state index contributed by atoms with van der Waals surface area (Å²) in [7, 11) is 0. The highest BCUT2D eigenvalue weighted by molar-refractivity contribution is 5.86. The summed E-state index contributed by atoms with van der Waals surface area (Å²) in [6, 6.07) is 18.3.